The van der Waals surface area contributed by atoms with Crippen molar-refractivity contribution in [2.75, 3.05) is 10.6 Å². The van der Waals surface area contributed by atoms with Gasteiger partial charge in [-0.1, -0.05) is 83.9 Å². The van der Waals surface area contributed by atoms with Crippen LogP contribution in [-0.2, 0) is 4.79 Å². The van der Waals surface area contributed by atoms with Crippen molar-refractivity contribution in [2.24, 2.45) is 0 Å². The minimum atomic E-state index is -0.536. The second-order valence-electron chi connectivity index (χ2n) is 9.60. The number of hydrogen-bond donors (Lipinski definition) is 2. The number of nitrogens with zero attached hydrogens (tertiary/aromatic N) is 1. The van der Waals surface area contributed by atoms with Crippen LogP contribution in [0.2, 0.25) is 10.0 Å². The highest BCUT2D eigenvalue weighted by Crippen LogP contribution is 2.38. The Balaban J connectivity index is 1.16. The van der Waals surface area contributed by atoms with Crippen molar-refractivity contribution < 1.29 is 9.59 Å². The van der Waals surface area contributed by atoms with E-state index in [1.807, 2.05) is 109 Å². The van der Waals surface area contributed by atoms with Gasteiger partial charge in [-0.25, -0.2) is 4.98 Å². The largest absolute Gasteiger partial charge is 0.322 e. The van der Waals surface area contributed by atoms with Crippen LogP contribution in [0.15, 0.2) is 126 Å². The van der Waals surface area contributed by atoms with Gasteiger partial charge in [0.2, 0.25) is 5.91 Å². The highest BCUT2D eigenvalue weighted by Gasteiger charge is 2.23. The maximum Gasteiger partial charge on any atom is 0.255 e. The van der Waals surface area contributed by atoms with Crippen LogP contribution in [0.1, 0.15) is 21.2 Å². The molecule has 0 aliphatic carbocycles. The number of carbonyl (C=O) groups excluding carboxylic acids is 2. The third-order valence-electron chi connectivity index (χ3n) is 6.66. The molecular formula is C34H23Cl2N3O2S2. The number of thioether (sulfide) groups is 1. The Morgan fingerprint density at radius 2 is 1.51 bits per heavy atom. The van der Waals surface area contributed by atoms with E-state index < -0.39 is 5.25 Å². The zero-order valence-electron chi connectivity index (χ0n) is 22.5. The molecular weight excluding hydrogens is 617 g/mol. The number of carbonyl (C=O) groups is 2. The Bertz CT molecular complexity index is 1930. The third kappa shape index (κ3) is 6.92. The molecule has 0 saturated heterocycles. The number of fused-ring (bicyclic) bond motifs is 1. The van der Waals surface area contributed by atoms with Crippen molar-refractivity contribution in [3.05, 3.63) is 142 Å². The minimum absolute atomic E-state index is 0.185. The quantitative estimate of drug-likeness (QED) is 0.163. The number of rotatable bonds is 8. The monoisotopic (exact) mass is 639 g/mol. The molecule has 1 unspecified atom stereocenters. The van der Waals surface area contributed by atoms with E-state index in [9.17, 15) is 9.59 Å². The summed E-state index contributed by atoms with van der Waals surface area (Å²) in [5, 5.41) is 10.8. The van der Waals surface area contributed by atoms with Gasteiger partial charge in [0.1, 0.15) is 5.25 Å². The predicted octanol–water partition coefficient (Wildman–Crippen LogP) is 9.99. The Labute approximate surface area is 266 Å². The summed E-state index contributed by atoms with van der Waals surface area (Å²) in [7, 11) is 0. The molecule has 0 spiro atoms. The molecule has 0 saturated carbocycles. The Morgan fingerprint density at radius 3 is 2.28 bits per heavy atom. The van der Waals surface area contributed by atoms with Crippen molar-refractivity contribution in [2.45, 2.75) is 10.1 Å². The van der Waals surface area contributed by atoms with Crippen molar-refractivity contribution in [3.8, 4) is 11.3 Å². The van der Waals surface area contributed by atoms with Crippen molar-refractivity contribution in [1.29, 1.82) is 0 Å². The molecule has 212 valence electrons. The minimum Gasteiger partial charge on any atom is -0.322 e. The molecule has 0 bridgehead atoms. The highest BCUT2D eigenvalue weighted by atomic mass is 35.5. The molecule has 5 nitrogen and oxygen atoms in total. The Kier molecular flexibility index (Phi) is 8.77. The Hall–Kier alpha value is -4.14. The third-order valence-corrected chi connectivity index (χ3v) is 9.23. The molecule has 6 aromatic rings. The SMILES string of the molecule is O=C(Nc1ccc(SC(C(=O)Nc2nc(-c3ccc(Cl)cc3Cl)cs2)c2ccccc2)cc1)c1ccc2ccccc2c1. The topological polar surface area (TPSA) is 71.1 Å². The molecule has 0 aliphatic heterocycles. The molecule has 0 fully saturated rings. The van der Waals surface area contributed by atoms with Crippen LogP contribution in [0, 0.1) is 0 Å². The summed E-state index contributed by atoms with van der Waals surface area (Å²) in [6.07, 6.45) is 0. The summed E-state index contributed by atoms with van der Waals surface area (Å²) >= 11 is 15.1. The molecule has 1 atom stereocenters. The lowest BCUT2D eigenvalue weighted by Crippen LogP contribution is -2.19. The fraction of sp³-hybridized carbons (Fsp3) is 0.0294. The molecule has 2 N–H and O–H groups in total. The number of anilines is 2. The van der Waals surface area contributed by atoms with E-state index in [1.54, 1.807) is 12.1 Å². The highest BCUT2D eigenvalue weighted by molar-refractivity contribution is 8.00. The van der Waals surface area contributed by atoms with E-state index in [0.29, 0.717) is 32.1 Å². The van der Waals surface area contributed by atoms with Gasteiger partial charge in [-0.05, 0) is 70.9 Å². The number of thiazole rings is 1. The first-order chi connectivity index (χ1) is 20.9. The normalized spacial score (nSPS) is 11.7. The van der Waals surface area contributed by atoms with Crippen LogP contribution < -0.4 is 10.6 Å². The summed E-state index contributed by atoms with van der Waals surface area (Å²) in [4.78, 5) is 31.9. The van der Waals surface area contributed by atoms with Gasteiger partial charge in [-0.15, -0.1) is 23.1 Å². The molecule has 2 amide bonds. The van der Waals surface area contributed by atoms with Gasteiger partial charge in [0.25, 0.3) is 5.91 Å². The molecule has 1 aromatic heterocycles. The number of nitrogens with one attached hydrogen (secondary N) is 2. The van der Waals surface area contributed by atoms with E-state index in [1.165, 1.54) is 23.1 Å². The zero-order chi connectivity index (χ0) is 29.8. The maximum absolute atomic E-state index is 13.6. The second-order valence-corrected chi connectivity index (χ2v) is 12.5. The first-order valence-electron chi connectivity index (χ1n) is 13.3. The van der Waals surface area contributed by atoms with Gasteiger partial charge in [-0.2, -0.15) is 0 Å². The number of aromatic nitrogens is 1. The van der Waals surface area contributed by atoms with E-state index in [4.69, 9.17) is 23.2 Å². The van der Waals surface area contributed by atoms with E-state index in [0.717, 1.165) is 26.8 Å². The maximum atomic E-state index is 13.6. The zero-order valence-corrected chi connectivity index (χ0v) is 25.6. The lowest BCUT2D eigenvalue weighted by Gasteiger charge is -2.16. The lowest BCUT2D eigenvalue weighted by atomic mass is 10.1. The molecule has 9 heteroatoms. The summed E-state index contributed by atoms with van der Waals surface area (Å²) in [5.74, 6) is -0.386. The molecule has 1 heterocycles. The predicted molar refractivity (Wildman–Crippen MR) is 180 cm³/mol. The average Bonchev–Trinajstić information content (AvgIpc) is 3.48. The van der Waals surface area contributed by atoms with E-state index in [2.05, 4.69) is 15.6 Å². The molecule has 6 rings (SSSR count). The molecule has 5 aromatic carbocycles. The standard InChI is InChI=1S/C34H23Cl2N3O2S2/c35-25-12-17-28(29(36)19-25)30-20-42-34(38-30)39-33(41)31(22-7-2-1-3-8-22)43-27-15-13-26(14-16-27)37-32(40)24-11-10-21-6-4-5-9-23(21)18-24/h1-20,31H,(H,37,40)(H,38,39,41). The number of hydrogen-bond acceptors (Lipinski definition) is 5. The number of halogens is 2. The fourth-order valence-corrected chi connectivity index (χ4v) is 6.75. The van der Waals surface area contributed by atoms with Gasteiger partial charge < -0.3 is 10.6 Å². The first kappa shape index (κ1) is 29.0. The van der Waals surface area contributed by atoms with Crippen molar-refractivity contribution in [1.82, 2.24) is 4.98 Å². The summed E-state index contributed by atoms with van der Waals surface area (Å²) in [6, 6.07) is 35.9. The van der Waals surface area contributed by atoms with Crippen LogP contribution in [0.3, 0.4) is 0 Å². The van der Waals surface area contributed by atoms with Crippen LogP contribution >= 0.6 is 46.3 Å². The smallest absolute Gasteiger partial charge is 0.255 e. The van der Waals surface area contributed by atoms with Crippen LogP contribution in [0.4, 0.5) is 10.8 Å². The molecule has 0 aliphatic rings. The van der Waals surface area contributed by atoms with E-state index in [-0.39, 0.29) is 11.8 Å². The van der Waals surface area contributed by atoms with Crippen LogP contribution in [-0.4, -0.2) is 16.8 Å². The van der Waals surface area contributed by atoms with Gasteiger partial charge in [0, 0.05) is 32.1 Å². The lowest BCUT2D eigenvalue weighted by molar-refractivity contribution is -0.115. The fourth-order valence-electron chi connectivity index (χ4n) is 4.51. The molecule has 43 heavy (non-hydrogen) atoms. The van der Waals surface area contributed by atoms with E-state index >= 15 is 0 Å². The second kappa shape index (κ2) is 13.0. The van der Waals surface area contributed by atoms with Crippen molar-refractivity contribution >= 4 is 79.7 Å². The summed E-state index contributed by atoms with van der Waals surface area (Å²) < 4.78 is 0. The van der Waals surface area contributed by atoms with Crippen molar-refractivity contribution in [3.63, 3.8) is 0 Å². The Morgan fingerprint density at radius 1 is 0.767 bits per heavy atom. The van der Waals surface area contributed by atoms with Gasteiger partial charge in [-0.3, -0.25) is 9.59 Å². The summed E-state index contributed by atoms with van der Waals surface area (Å²) in [6.45, 7) is 0. The van der Waals surface area contributed by atoms with Gasteiger partial charge in [0.15, 0.2) is 5.13 Å². The first-order valence-corrected chi connectivity index (χ1v) is 15.8. The number of amides is 2. The average molecular weight is 641 g/mol. The summed E-state index contributed by atoms with van der Waals surface area (Å²) in [5.41, 5.74) is 3.51. The molecule has 0 radical (unpaired) electrons. The van der Waals surface area contributed by atoms with Gasteiger partial charge in [0.05, 0.1) is 10.7 Å². The number of benzene rings is 5. The van der Waals surface area contributed by atoms with Gasteiger partial charge >= 0.3 is 0 Å². The van der Waals surface area contributed by atoms with Crippen LogP contribution in [0.5, 0.6) is 0 Å². The van der Waals surface area contributed by atoms with Crippen LogP contribution in [0.25, 0.3) is 22.0 Å².